The number of non-ortho nitro benzene ring substituents is 1. The molecule has 3 rings (SSSR count). The second-order valence-electron chi connectivity index (χ2n) is 5.58. The lowest BCUT2D eigenvalue weighted by atomic mass is 10.3. The number of aromatic nitrogens is 3. The van der Waals surface area contributed by atoms with Crippen LogP contribution in [0, 0.1) is 10.1 Å². The van der Waals surface area contributed by atoms with Crippen LogP contribution in [0.4, 0.5) is 22.5 Å². The highest BCUT2D eigenvalue weighted by Gasteiger charge is 2.22. The fraction of sp³-hybridized carbons (Fsp3) is 0.0667. The van der Waals surface area contributed by atoms with Crippen LogP contribution in [0.2, 0.25) is 0 Å². The van der Waals surface area contributed by atoms with Crippen LogP contribution in [0.25, 0.3) is 0 Å². The number of amides is 1. The summed E-state index contributed by atoms with van der Waals surface area (Å²) in [4.78, 5) is 33.8. The van der Waals surface area contributed by atoms with Crippen molar-refractivity contribution in [2.45, 2.75) is 15.1 Å². The van der Waals surface area contributed by atoms with Gasteiger partial charge in [-0.3, -0.25) is 14.9 Å². The summed E-state index contributed by atoms with van der Waals surface area (Å²) in [6.45, 7) is 0. The number of nitrogens with two attached hydrogens (primary N) is 2. The lowest BCUT2D eigenvalue weighted by Crippen LogP contribution is -2.14. The first-order valence-corrected chi connectivity index (χ1v) is 11.3. The number of sulfone groups is 1. The molecular formula is C15H13N7O5S3. The van der Waals surface area contributed by atoms with Crippen molar-refractivity contribution in [3.8, 4) is 0 Å². The Morgan fingerprint density at radius 1 is 1.17 bits per heavy atom. The van der Waals surface area contributed by atoms with Crippen molar-refractivity contribution < 1.29 is 18.1 Å². The summed E-state index contributed by atoms with van der Waals surface area (Å²) >= 11 is 1.92. The maximum absolute atomic E-state index is 12.6. The van der Waals surface area contributed by atoms with Gasteiger partial charge in [0.1, 0.15) is 11.6 Å². The van der Waals surface area contributed by atoms with Crippen LogP contribution in [0.5, 0.6) is 0 Å². The molecule has 30 heavy (non-hydrogen) atoms. The third-order valence-electron chi connectivity index (χ3n) is 3.44. The number of anilines is 3. The molecule has 0 aliphatic carbocycles. The van der Waals surface area contributed by atoms with Gasteiger partial charge >= 0.3 is 0 Å². The van der Waals surface area contributed by atoms with Gasteiger partial charge < -0.3 is 16.8 Å². The summed E-state index contributed by atoms with van der Waals surface area (Å²) < 4.78 is 25.2. The quantitative estimate of drug-likeness (QED) is 0.197. The Balaban J connectivity index is 1.66. The first kappa shape index (κ1) is 21.4. The zero-order valence-corrected chi connectivity index (χ0v) is 17.3. The van der Waals surface area contributed by atoms with Crippen LogP contribution >= 0.6 is 23.1 Å². The number of rotatable bonds is 7. The summed E-state index contributed by atoms with van der Waals surface area (Å²) in [6.07, 6.45) is 0. The summed E-state index contributed by atoms with van der Waals surface area (Å²) in [7, 11) is -3.99. The highest BCUT2D eigenvalue weighted by molar-refractivity contribution is 7.99. The minimum Gasteiger partial charge on any atom is -0.383 e. The highest BCUT2D eigenvalue weighted by atomic mass is 32.2. The van der Waals surface area contributed by atoms with Crippen molar-refractivity contribution >= 4 is 61.3 Å². The molecule has 156 valence electrons. The predicted molar refractivity (Wildman–Crippen MR) is 111 cm³/mol. The number of hydrogen-bond acceptors (Lipinski definition) is 12. The normalized spacial score (nSPS) is 11.2. The van der Waals surface area contributed by atoms with Crippen LogP contribution < -0.4 is 16.8 Å². The van der Waals surface area contributed by atoms with E-state index in [1.54, 1.807) is 0 Å². The molecule has 1 amide bonds. The van der Waals surface area contributed by atoms with E-state index in [9.17, 15) is 23.3 Å². The molecule has 2 heterocycles. The summed E-state index contributed by atoms with van der Waals surface area (Å²) in [5.74, 6) is -0.191. The van der Waals surface area contributed by atoms with Crippen molar-refractivity contribution in [2.75, 3.05) is 22.5 Å². The van der Waals surface area contributed by atoms with Crippen LogP contribution in [0.15, 0.2) is 50.8 Å². The van der Waals surface area contributed by atoms with E-state index in [-0.39, 0.29) is 43.3 Å². The number of nitrogens with zero attached hydrogens (tertiary/aromatic N) is 4. The minimum absolute atomic E-state index is 0.0765. The molecule has 0 fully saturated rings. The molecule has 0 atom stereocenters. The van der Waals surface area contributed by atoms with Crippen molar-refractivity contribution in [1.82, 2.24) is 15.0 Å². The third kappa shape index (κ3) is 5.00. The number of carbonyl (C=O) groups is 1. The Kier molecular flexibility index (Phi) is 6.14. The number of nitrogen functional groups attached to an aromatic ring is 2. The fourth-order valence-electron chi connectivity index (χ4n) is 2.12. The van der Waals surface area contributed by atoms with E-state index in [4.69, 9.17) is 11.5 Å². The maximum atomic E-state index is 12.6. The van der Waals surface area contributed by atoms with E-state index in [2.05, 4.69) is 20.3 Å². The summed E-state index contributed by atoms with van der Waals surface area (Å²) in [6, 6.07) is 5.80. The summed E-state index contributed by atoms with van der Waals surface area (Å²) in [5.41, 5.74) is 10.9. The Hall–Kier alpha value is -3.30. The average Bonchev–Trinajstić information content (AvgIpc) is 3.15. The first-order valence-electron chi connectivity index (χ1n) is 7.93. The molecule has 15 heteroatoms. The van der Waals surface area contributed by atoms with Crippen molar-refractivity contribution in [1.29, 1.82) is 0 Å². The average molecular weight is 468 g/mol. The molecule has 0 unspecified atom stereocenters. The van der Waals surface area contributed by atoms with Gasteiger partial charge in [-0.05, 0) is 12.1 Å². The molecule has 0 spiro atoms. The van der Waals surface area contributed by atoms with E-state index in [1.165, 1.54) is 11.4 Å². The van der Waals surface area contributed by atoms with E-state index in [0.717, 1.165) is 47.4 Å². The number of nitro benzene ring substituents is 1. The molecule has 1 aromatic carbocycles. The maximum Gasteiger partial charge on any atom is 0.269 e. The molecule has 3 aromatic rings. The standard InChI is InChI=1S/C15H13N7O5S3/c16-10-5-11(17)19-14(18-10)28-6-12(23)20-15-21-13(7-29-15)30(26,27)9-3-1-8(2-4-9)22(24)25/h1-5,7H,6H2,(H,20,21,23)(H4,16,17,18,19). The van der Waals surface area contributed by atoms with Crippen LogP contribution in [0.1, 0.15) is 0 Å². The lowest BCUT2D eigenvalue weighted by Gasteiger charge is -2.03. The lowest BCUT2D eigenvalue weighted by molar-refractivity contribution is -0.384. The fourth-order valence-corrected chi connectivity index (χ4v) is 5.04. The molecular weight excluding hydrogens is 454 g/mol. The number of thiazole rings is 1. The SMILES string of the molecule is Nc1cc(N)nc(SCC(=O)Nc2nc(S(=O)(=O)c3ccc([N+](=O)[O-])cc3)cs2)n1. The van der Waals surface area contributed by atoms with Crippen molar-refractivity contribution in [3.05, 3.63) is 45.8 Å². The number of nitro groups is 1. The van der Waals surface area contributed by atoms with Crippen molar-refractivity contribution in [2.24, 2.45) is 0 Å². The minimum atomic E-state index is -3.99. The predicted octanol–water partition coefficient (Wildman–Crippen LogP) is 1.57. The number of carbonyl (C=O) groups excluding carboxylic acids is 1. The largest absolute Gasteiger partial charge is 0.383 e. The van der Waals surface area contributed by atoms with Gasteiger partial charge in [0.05, 0.1) is 15.6 Å². The van der Waals surface area contributed by atoms with Gasteiger partial charge in [-0.2, -0.15) is 0 Å². The molecule has 2 aromatic heterocycles. The van der Waals surface area contributed by atoms with Gasteiger partial charge in [-0.1, -0.05) is 11.8 Å². The second-order valence-corrected chi connectivity index (χ2v) is 9.28. The van der Waals surface area contributed by atoms with Gasteiger partial charge in [0.25, 0.3) is 5.69 Å². The number of hydrogen-bond donors (Lipinski definition) is 3. The number of nitrogens with one attached hydrogen (secondary N) is 1. The smallest absolute Gasteiger partial charge is 0.269 e. The summed E-state index contributed by atoms with van der Waals surface area (Å²) in [5, 5.41) is 14.5. The van der Waals surface area contributed by atoms with Crippen LogP contribution in [-0.2, 0) is 14.6 Å². The zero-order valence-electron chi connectivity index (χ0n) is 14.9. The molecule has 0 aliphatic rings. The molecule has 0 bridgehead atoms. The van der Waals surface area contributed by atoms with Crippen molar-refractivity contribution in [3.63, 3.8) is 0 Å². The van der Waals surface area contributed by atoms with E-state index < -0.39 is 20.7 Å². The topological polar surface area (TPSA) is 197 Å². The van der Waals surface area contributed by atoms with Gasteiger partial charge in [-0.15, -0.1) is 11.3 Å². The molecule has 0 saturated carbocycles. The van der Waals surface area contributed by atoms with E-state index >= 15 is 0 Å². The monoisotopic (exact) mass is 467 g/mol. The first-order chi connectivity index (χ1) is 14.1. The molecule has 0 radical (unpaired) electrons. The molecule has 0 saturated heterocycles. The van der Waals surface area contributed by atoms with Gasteiger partial charge in [0.2, 0.25) is 15.7 Å². The number of benzene rings is 1. The highest BCUT2D eigenvalue weighted by Crippen LogP contribution is 2.26. The van der Waals surface area contributed by atoms with Gasteiger partial charge in [0.15, 0.2) is 15.3 Å². The molecule has 5 N–H and O–H groups in total. The Morgan fingerprint density at radius 2 is 1.80 bits per heavy atom. The van der Waals surface area contributed by atoms with Gasteiger partial charge in [0, 0.05) is 23.6 Å². The second kappa shape index (κ2) is 8.60. The molecule has 12 nitrogen and oxygen atoms in total. The van der Waals surface area contributed by atoms with E-state index in [1.807, 2.05) is 0 Å². The zero-order chi connectivity index (χ0) is 21.9. The Labute approximate surface area is 177 Å². The van der Waals surface area contributed by atoms with Crippen LogP contribution in [-0.4, -0.2) is 40.0 Å². The molecule has 0 aliphatic heterocycles. The van der Waals surface area contributed by atoms with Gasteiger partial charge in [-0.25, -0.2) is 23.4 Å². The van der Waals surface area contributed by atoms with Crippen LogP contribution in [0.3, 0.4) is 0 Å². The third-order valence-corrected chi connectivity index (χ3v) is 6.85. The number of thioether (sulfide) groups is 1. The Morgan fingerprint density at radius 3 is 2.40 bits per heavy atom. The Bertz CT molecular complexity index is 1190. The van der Waals surface area contributed by atoms with E-state index in [0.29, 0.717) is 0 Å².